The van der Waals surface area contributed by atoms with Gasteiger partial charge in [-0.3, -0.25) is 4.79 Å². The van der Waals surface area contributed by atoms with Gasteiger partial charge in [0, 0.05) is 32.8 Å². The Kier molecular flexibility index (Phi) is 5.08. The highest BCUT2D eigenvalue weighted by molar-refractivity contribution is 5.78. The summed E-state index contributed by atoms with van der Waals surface area (Å²) in [6, 6.07) is -0.0372. The molecule has 2 heterocycles. The first-order valence-electron chi connectivity index (χ1n) is 7.84. The molecular formula is C15H26N2O4. The Morgan fingerprint density at radius 2 is 1.95 bits per heavy atom. The third kappa shape index (κ3) is 3.67. The SMILES string of the molecule is CC1(C(=O)O)CCCN(C(=O)N2CCCC(CCO)C2)C1. The third-order valence-corrected chi connectivity index (χ3v) is 4.81. The fourth-order valence-electron chi connectivity index (χ4n) is 3.43. The number of carboxylic acids is 1. The molecular weight excluding hydrogens is 272 g/mol. The summed E-state index contributed by atoms with van der Waals surface area (Å²) in [5, 5.41) is 18.4. The van der Waals surface area contributed by atoms with Crippen molar-refractivity contribution in [2.24, 2.45) is 11.3 Å². The number of nitrogens with zero attached hydrogens (tertiary/aromatic N) is 2. The van der Waals surface area contributed by atoms with Crippen LogP contribution in [0.1, 0.15) is 39.0 Å². The number of aliphatic hydroxyl groups excluding tert-OH is 1. The van der Waals surface area contributed by atoms with E-state index in [1.165, 1.54) is 0 Å². The number of hydrogen-bond acceptors (Lipinski definition) is 3. The fourth-order valence-corrected chi connectivity index (χ4v) is 3.43. The minimum absolute atomic E-state index is 0.0372. The molecule has 0 saturated carbocycles. The highest BCUT2D eigenvalue weighted by atomic mass is 16.4. The number of piperidine rings is 2. The Hall–Kier alpha value is -1.30. The van der Waals surface area contributed by atoms with E-state index in [-0.39, 0.29) is 12.6 Å². The highest BCUT2D eigenvalue weighted by Crippen LogP contribution is 2.31. The van der Waals surface area contributed by atoms with Crippen molar-refractivity contribution in [2.75, 3.05) is 32.8 Å². The van der Waals surface area contributed by atoms with Crippen molar-refractivity contribution in [1.29, 1.82) is 0 Å². The van der Waals surface area contributed by atoms with Gasteiger partial charge < -0.3 is 20.0 Å². The van der Waals surface area contributed by atoms with Crippen LogP contribution in [0.15, 0.2) is 0 Å². The van der Waals surface area contributed by atoms with Gasteiger partial charge in [0.05, 0.1) is 5.41 Å². The summed E-state index contributed by atoms with van der Waals surface area (Å²) in [7, 11) is 0. The van der Waals surface area contributed by atoms with E-state index in [1.807, 2.05) is 4.90 Å². The Balaban J connectivity index is 1.97. The second kappa shape index (κ2) is 6.64. The van der Waals surface area contributed by atoms with Crippen LogP contribution in [0, 0.1) is 11.3 Å². The van der Waals surface area contributed by atoms with Crippen molar-refractivity contribution in [3.05, 3.63) is 0 Å². The molecule has 0 bridgehead atoms. The van der Waals surface area contributed by atoms with Gasteiger partial charge in [0.2, 0.25) is 0 Å². The Labute approximate surface area is 125 Å². The molecule has 120 valence electrons. The Bertz CT molecular complexity index is 399. The van der Waals surface area contributed by atoms with E-state index >= 15 is 0 Å². The van der Waals surface area contributed by atoms with E-state index < -0.39 is 11.4 Å². The number of carboxylic acid groups (broad SMARTS) is 1. The zero-order valence-corrected chi connectivity index (χ0v) is 12.8. The van der Waals surface area contributed by atoms with Crippen LogP contribution in [-0.4, -0.2) is 64.8 Å². The lowest BCUT2D eigenvalue weighted by Gasteiger charge is -2.41. The summed E-state index contributed by atoms with van der Waals surface area (Å²) >= 11 is 0. The summed E-state index contributed by atoms with van der Waals surface area (Å²) in [5.41, 5.74) is -0.825. The number of likely N-dealkylation sites (tertiary alicyclic amines) is 2. The first kappa shape index (κ1) is 16.1. The van der Waals surface area contributed by atoms with Gasteiger partial charge in [-0.25, -0.2) is 4.79 Å². The molecule has 21 heavy (non-hydrogen) atoms. The average Bonchev–Trinajstić information content (AvgIpc) is 2.47. The van der Waals surface area contributed by atoms with Crippen molar-refractivity contribution in [1.82, 2.24) is 9.80 Å². The van der Waals surface area contributed by atoms with Crippen molar-refractivity contribution in [3.8, 4) is 0 Å². The molecule has 0 spiro atoms. The number of aliphatic carboxylic acids is 1. The van der Waals surface area contributed by atoms with Crippen LogP contribution in [-0.2, 0) is 4.79 Å². The summed E-state index contributed by atoms with van der Waals surface area (Å²) < 4.78 is 0. The van der Waals surface area contributed by atoms with Gasteiger partial charge in [0.15, 0.2) is 0 Å². The molecule has 2 saturated heterocycles. The smallest absolute Gasteiger partial charge is 0.320 e. The van der Waals surface area contributed by atoms with Crippen LogP contribution in [0.4, 0.5) is 4.79 Å². The number of hydrogen-bond donors (Lipinski definition) is 2. The Morgan fingerprint density at radius 3 is 2.62 bits per heavy atom. The molecule has 2 N–H and O–H groups in total. The van der Waals surface area contributed by atoms with Crippen molar-refractivity contribution in [2.45, 2.75) is 39.0 Å². The third-order valence-electron chi connectivity index (χ3n) is 4.81. The number of carbonyl (C=O) groups is 2. The molecule has 2 atom stereocenters. The molecule has 2 unspecified atom stereocenters. The molecule has 0 aliphatic carbocycles. The van der Waals surface area contributed by atoms with E-state index in [1.54, 1.807) is 11.8 Å². The van der Waals surface area contributed by atoms with Gasteiger partial charge in [0.1, 0.15) is 0 Å². The van der Waals surface area contributed by atoms with E-state index in [9.17, 15) is 14.7 Å². The molecule has 2 fully saturated rings. The van der Waals surface area contributed by atoms with E-state index in [4.69, 9.17) is 5.11 Å². The van der Waals surface area contributed by atoms with Crippen LogP contribution in [0.2, 0.25) is 0 Å². The van der Waals surface area contributed by atoms with E-state index in [0.29, 0.717) is 32.0 Å². The highest BCUT2D eigenvalue weighted by Gasteiger charge is 2.40. The largest absolute Gasteiger partial charge is 0.481 e. The molecule has 0 aromatic carbocycles. The molecule has 6 nitrogen and oxygen atoms in total. The van der Waals surface area contributed by atoms with Crippen LogP contribution in [0.25, 0.3) is 0 Å². The summed E-state index contributed by atoms with van der Waals surface area (Å²) in [6.07, 6.45) is 4.11. The minimum atomic E-state index is -0.825. The number of aliphatic hydroxyl groups is 1. The molecule has 0 aromatic rings. The molecule has 6 heteroatoms. The van der Waals surface area contributed by atoms with Gasteiger partial charge in [-0.1, -0.05) is 0 Å². The summed E-state index contributed by atoms with van der Waals surface area (Å²) in [6.45, 7) is 4.24. The van der Waals surface area contributed by atoms with Crippen LogP contribution >= 0.6 is 0 Å². The number of carbonyl (C=O) groups excluding carboxylic acids is 1. The average molecular weight is 298 g/mol. The fraction of sp³-hybridized carbons (Fsp3) is 0.867. The first-order chi connectivity index (χ1) is 9.96. The van der Waals surface area contributed by atoms with Crippen molar-refractivity contribution < 1.29 is 19.8 Å². The maximum Gasteiger partial charge on any atom is 0.320 e. The monoisotopic (exact) mass is 298 g/mol. The first-order valence-corrected chi connectivity index (χ1v) is 7.84. The topological polar surface area (TPSA) is 81.1 Å². The predicted octanol–water partition coefficient (Wildman–Crippen LogP) is 1.39. The van der Waals surface area contributed by atoms with Gasteiger partial charge in [-0.05, 0) is 44.9 Å². The number of urea groups is 1. The van der Waals surface area contributed by atoms with Crippen LogP contribution in [0.5, 0.6) is 0 Å². The van der Waals surface area contributed by atoms with E-state index in [2.05, 4.69) is 0 Å². The zero-order chi connectivity index (χ0) is 15.5. The molecule has 2 aliphatic rings. The van der Waals surface area contributed by atoms with E-state index in [0.717, 1.165) is 32.2 Å². The molecule has 2 amide bonds. The van der Waals surface area contributed by atoms with Crippen molar-refractivity contribution >= 4 is 12.0 Å². The predicted molar refractivity (Wildman–Crippen MR) is 77.9 cm³/mol. The second-order valence-electron chi connectivity index (χ2n) is 6.64. The minimum Gasteiger partial charge on any atom is -0.481 e. The van der Waals surface area contributed by atoms with Gasteiger partial charge in [0.25, 0.3) is 0 Å². The molecule has 0 aromatic heterocycles. The summed E-state index contributed by atoms with van der Waals surface area (Å²) in [5.74, 6) is -0.458. The lowest BCUT2D eigenvalue weighted by Crippen LogP contribution is -2.54. The second-order valence-corrected chi connectivity index (χ2v) is 6.64. The quantitative estimate of drug-likeness (QED) is 0.825. The Morgan fingerprint density at radius 1 is 1.24 bits per heavy atom. The van der Waals surface area contributed by atoms with Gasteiger partial charge in [-0.2, -0.15) is 0 Å². The van der Waals surface area contributed by atoms with Gasteiger partial charge >= 0.3 is 12.0 Å². The maximum atomic E-state index is 12.6. The van der Waals surface area contributed by atoms with Crippen LogP contribution in [0.3, 0.4) is 0 Å². The zero-order valence-electron chi connectivity index (χ0n) is 12.8. The molecule has 2 rings (SSSR count). The van der Waals surface area contributed by atoms with Crippen molar-refractivity contribution in [3.63, 3.8) is 0 Å². The molecule has 0 radical (unpaired) electrons. The normalized spacial score (nSPS) is 30.3. The lowest BCUT2D eigenvalue weighted by molar-refractivity contribution is -0.150. The number of rotatable bonds is 3. The molecule has 2 aliphatic heterocycles. The maximum absolute atomic E-state index is 12.6. The van der Waals surface area contributed by atoms with Crippen LogP contribution < -0.4 is 0 Å². The standard InChI is InChI=1S/C15H26N2O4/c1-15(13(19)20)6-3-8-17(11-15)14(21)16-7-2-4-12(10-16)5-9-18/h12,18H,2-11H2,1H3,(H,19,20). The number of amides is 2. The lowest BCUT2D eigenvalue weighted by atomic mass is 9.82. The summed E-state index contributed by atoms with van der Waals surface area (Å²) in [4.78, 5) is 27.5. The van der Waals surface area contributed by atoms with Gasteiger partial charge in [-0.15, -0.1) is 0 Å².